The van der Waals surface area contributed by atoms with E-state index >= 15 is 0 Å². The summed E-state index contributed by atoms with van der Waals surface area (Å²) in [6, 6.07) is 11.4. The van der Waals surface area contributed by atoms with Crippen molar-refractivity contribution in [3.8, 4) is 11.1 Å². The second-order valence-electron chi connectivity index (χ2n) is 8.23. The van der Waals surface area contributed by atoms with Crippen LogP contribution >= 0.6 is 0 Å². The van der Waals surface area contributed by atoms with Crippen molar-refractivity contribution in [2.24, 2.45) is 0 Å². The maximum atomic E-state index is 12.8. The molecule has 32 heavy (non-hydrogen) atoms. The molecule has 0 fully saturated rings. The molecular formula is C24H27N5O3. The van der Waals surface area contributed by atoms with Gasteiger partial charge >= 0.3 is 6.09 Å². The summed E-state index contributed by atoms with van der Waals surface area (Å²) in [6.45, 7) is 8.03. The molecule has 2 amide bonds. The third-order valence-corrected chi connectivity index (χ3v) is 5.33. The zero-order valence-electron chi connectivity index (χ0n) is 18.7. The van der Waals surface area contributed by atoms with E-state index in [1.165, 1.54) is 6.92 Å². The number of hydrogen-bond donors (Lipinski definition) is 0. The number of benzene rings is 1. The molecule has 2 aromatic heterocycles. The Bertz CT molecular complexity index is 1130. The highest BCUT2D eigenvalue weighted by atomic mass is 16.6. The molecule has 0 spiro atoms. The molecule has 1 aliphatic rings. The lowest BCUT2D eigenvalue weighted by atomic mass is 10.0. The molecule has 166 valence electrons. The molecule has 4 rings (SSSR count). The topological polar surface area (TPSA) is 80.6 Å². The lowest BCUT2D eigenvalue weighted by molar-refractivity contribution is -0.117. The van der Waals surface area contributed by atoms with Crippen LogP contribution in [0.1, 0.15) is 33.4 Å². The zero-order chi connectivity index (χ0) is 22.8. The molecule has 0 unspecified atom stereocenters. The Balaban J connectivity index is 1.69. The fraction of sp³-hybridized carbons (Fsp3) is 0.333. The number of aromatic nitrogens is 3. The molecule has 0 aliphatic carbocycles. The van der Waals surface area contributed by atoms with Crippen molar-refractivity contribution < 1.29 is 14.3 Å². The van der Waals surface area contributed by atoms with E-state index in [0.717, 1.165) is 16.8 Å². The van der Waals surface area contributed by atoms with Gasteiger partial charge in [0.2, 0.25) is 5.91 Å². The summed E-state index contributed by atoms with van der Waals surface area (Å²) >= 11 is 0. The number of fused-ring (bicyclic) bond motifs is 1. The van der Waals surface area contributed by atoms with Gasteiger partial charge in [0, 0.05) is 31.4 Å². The van der Waals surface area contributed by atoms with Gasteiger partial charge in [-0.2, -0.15) is 5.10 Å². The van der Waals surface area contributed by atoms with E-state index in [1.807, 2.05) is 68.0 Å². The quantitative estimate of drug-likeness (QED) is 0.619. The highest BCUT2D eigenvalue weighted by Gasteiger charge is 2.34. The number of ether oxygens (including phenoxy) is 1. The summed E-state index contributed by atoms with van der Waals surface area (Å²) < 4.78 is 7.29. The van der Waals surface area contributed by atoms with Crippen LogP contribution in [-0.2, 0) is 16.1 Å². The average molecular weight is 434 g/mol. The predicted molar refractivity (Wildman–Crippen MR) is 123 cm³/mol. The van der Waals surface area contributed by atoms with Gasteiger partial charge in [0.25, 0.3) is 0 Å². The van der Waals surface area contributed by atoms with E-state index in [0.29, 0.717) is 24.5 Å². The molecule has 8 nitrogen and oxygen atoms in total. The van der Waals surface area contributed by atoms with Gasteiger partial charge in [0.1, 0.15) is 0 Å². The molecule has 1 aliphatic heterocycles. The van der Waals surface area contributed by atoms with E-state index in [2.05, 4.69) is 10.1 Å². The van der Waals surface area contributed by atoms with Crippen LogP contribution in [0.4, 0.5) is 16.2 Å². The van der Waals surface area contributed by atoms with Gasteiger partial charge < -0.3 is 9.64 Å². The van der Waals surface area contributed by atoms with Crippen LogP contribution in [0.3, 0.4) is 0 Å². The van der Waals surface area contributed by atoms with Crippen LogP contribution in [0.5, 0.6) is 0 Å². The van der Waals surface area contributed by atoms with E-state index in [1.54, 1.807) is 22.2 Å². The van der Waals surface area contributed by atoms with Crippen LogP contribution < -0.4 is 9.80 Å². The minimum atomic E-state index is -0.417. The number of carbonyl (C=O) groups excluding carboxylic acids is 2. The van der Waals surface area contributed by atoms with Gasteiger partial charge in [0.15, 0.2) is 0 Å². The highest BCUT2D eigenvalue weighted by molar-refractivity contribution is 6.03. The molecule has 0 saturated heterocycles. The second-order valence-corrected chi connectivity index (χ2v) is 8.23. The molecule has 0 saturated carbocycles. The zero-order valence-corrected chi connectivity index (χ0v) is 18.7. The molecule has 3 aromatic rings. The van der Waals surface area contributed by atoms with Crippen molar-refractivity contribution in [1.29, 1.82) is 0 Å². The van der Waals surface area contributed by atoms with Crippen LogP contribution in [0.25, 0.3) is 11.1 Å². The fourth-order valence-electron chi connectivity index (χ4n) is 3.98. The number of pyridine rings is 1. The predicted octanol–water partition coefficient (Wildman–Crippen LogP) is 4.10. The van der Waals surface area contributed by atoms with Gasteiger partial charge in [-0.3, -0.25) is 19.4 Å². The summed E-state index contributed by atoms with van der Waals surface area (Å²) in [5, 5.41) is 4.46. The van der Waals surface area contributed by atoms with Gasteiger partial charge in [-0.15, -0.1) is 0 Å². The van der Waals surface area contributed by atoms with E-state index in [9.17, 15) is 9.59 Å². The SMILES string of the molecule is CC(=O)N1c2ccc(-c3cnn(Cc4ccccn4)c3)cc2N(C(=O)OC(C)C)C[C@@H]1C. The molecule has 8 heteroatoms. The molecule has 3 heterocycles. The summed E-state index contributed by atoms with van der Waals surface area (Å²) in [6.07, 6.45) is 4.84. The highest BCUT2D eigenvalue weighted by Crippen LogP contribution is 2.39. The summed E-state index contributed by atoms with van der Waals surface area (Å²) in [5.74, 6) is -0.0634. The first-order valence-electron chi connectivity index (χ1n) is 10.7. The summed E-state index contributed by atoms with van der Waals surface area (Å²) in [4.78, 5) is 32.8. The number of amides is 2. The lowest BCUT2D eigenvalue weighted by Gasteiger charge is -2.40. The molecular weight excluding hydrogens is 406 g/mol. The van der Waals surface area contributed by atoms with E-state index in [4.69, 9.17) is 4.74 Å². The number of hydrogen-bond acceptors (Lipinski definition) is 5. The molecule has 1 aromatic carbocycles. The first-order valence-corrected chi connectivity index (χ1v) is 10.7. The normalized spacial score (nSPS) is 15.6. The maximum absolute atomic E-state index is 12.8. The first-order chi connectivity index (χ1) is 15.3. The molecule has 0 N–H and O–H groups in total. The van der Waals surface area contributed by atoms with Crippen molar-refractivity contribution in [2.75, 3.05) is 16.3 Å². The van der Waals surface area contributed by atoms with Crippen molar-refractivity contribution in [2.45, 2.75) is 46.4 Å². The van der Waals surface area contributed by atoms with Gasteiger partial charge in [0.05, 0.1) is 42.0 Å². The van der Waals surface area contributed by atoms with Crippen LogP contribution in [0.2, 0.25) is 0 Å². The molecule has 1 atom stereocenters. The Morgan fingerprint density at radius 1 is 1.16 bits per heavy atom. The summed E-state index contributed by atoms with van der Waals surface area (Å²) in [5.41, 5.74) is 4.08. The first kappa shape index (κ1) is 21.5. The number of nitrogens with zero attached hydrogens (tertiary/aromatic N) is 5. The van der Waals surface area contributed by atoms with Crippen LogP contribution in [-0.4, -0.2) is 45.5 Å². The number of rotatable bonds is 4. The Morgan fingerprint density at radius 3 is 2.66 bits per heavy atom. The average Bonchev–Trinajstić information content (AvgIpc) is 3.21. The van der Waals surface area contributed by atoms with Crippen molar-refractivity contribution in [3.05, 3.63) is 60.7 Å². The lowest BCUT2D eigenvalue weighted by Crippen LogP contribution is -2.51. The maximum Gasteiger partial charge on any atom is 0.414 e. The van der Waals surface area contributed by atoms with Gasteiger partial charge in [-0.25, -0.2) is 4.79 Å². The van der Waals surface area contributed by atoms with Crippen LogP contribution in [0, 0.1) is 0 Å². The van der Waals surface area contributed by atoms with Crippen molar-refractivity contribution in [3.63, 3.8) is 0 Å². The Morgan fingerprint density at radius 2 is 1.97 bits per heavy atom. The largest absolute Gasteiger partial charge is 0.446 e. The Labute approximate surface area is 187 Å². The van der Waals surface area contributed by atoms with Gasteiger partial charge in [-0.05, 0) is 50.6 Å². The van der Waals surface area contributed by atoms with Crippen molar-refractivity contribution in [1.82, 2.24) is 14.8 Å². The van der Waals surface area contributed by atoms with E-state index in [-0.39, 0.29) is 18.1 Å². The Hall–Kier alpha value is -3.68. The molecule has 0 radical (unpaired) electrons. The standard InChI is InChI=1S/C24H27N5O3/c1-16(2)32-24(31)28-13-17(3)29(18(4)30)22-9-8-19(11-23(22)28)20-12-26-27(14-20)15-21-7-5-6-10-25-21/h5-12,14,16-17H,13,15H2,1-4H3/t17-/m0/s1. The monoisotopic (exact) mass is 433 g/mol. The van der Waals surface area contributed by atoms with E-state index < -0.39 is 6.09 Å². The number of anilines is 2. The minimum absolute atomic E-state index is 0.0634. The fourth-order valence-corrected chi connectivity index (χ4v) is 3.98. The van der Waals surface area contributed by atoms with Crippen molar-refractivity contribution >= 4 is 23.4 Å². The molecule has 0 bridgehead atoms. The third-order valence-electron chi connectivity index (χ3n) is 5.33. The third kappa shape index (κ3) is 4.34. The second kappa shape index (κ2) is 8.82. The number of carbonyl (C=O) groups is 2. The Kier molecular flexibility index (Phi) is 5.94. The van der Waals surface area contributed by atoms with Gasteiger partial charge in [-0.1, -0.05) is 12.1 Å². The van der Waals surface area contributed by atoms with Crippen LogP contribution in [0.15, 0.2) is 55.0 Å². The minimum Gasteiger partial charge on any atom is -0.446 e. The smallest absolute Gasteiger partial charge is 0.414 e. The summed E-state index contributed by atoms with van der Waals surface area (Å²) in [7, 11) is 0.